The number of anilines is 2. The van der Waals surface area contributed by atoms with Gasteiger partial charge in [0.1, 0.15) is 0 Å². The Balaban J connectivity index is 2.23. The topological polar surface area (TPSA) is 84.2 Å². The zero-order valence-corrected chi connectivity index (χ0v) is 12.8. The molecule has 0 amide bonds. The summed E-state index contributed by atoms with van der Waals surface area (Å²) in [6, 6.07) is 14.7. The van der Waals surface area contributed by atoms with Gasteiger partial charge in [-0.05, 0) is 37.7 Å². The first kappa shape index (κ1) is 15.3. The molecule has 0 saturated carbocycles. The third-order valence-corrected chi connectivity index (χ3v) is 4.69. The number of nitrogens with one attached hydrogen (secondary N) is 2. The second kappa shape index (κ2) is 6.15. The van der Waals surface area contributed by atoms with Gasteiger partial charge in [-0.25, -0.2) is 13.1 Å². The SMILES string of the molecule is CNS(=O)(=O)c1ccc(NC(C)c2ccccc2)c(N)c1. The van der Waals surface area contributed by atoms with Gasteiger partial charge in [0, 0.05) is 6.04 Å². The summed E-state index contributed by atoms with van der Waals surface area (Å²) >= 11 is 0. The third kappa shape index (κ3) is 3.53. The van der Waals surface area contributed by atoms with Crippen LogP contribution in [0.5, 0.6) is 0 Å². The predicted molar refractivity (Wildman–Crippen MR) is 85.6 cm³/mol. The molecule has 0 fully saturated rings. The molecule has 0 heterocycles. The van der Waals surface area contributed by atoms with Gasteiger partial charge in [0.2, 0.25) is 10.0 Å². The van der Waals surface area contributed by atoms with Crippen LogP contribution in [-0.4, -0.2) is 15.5 Å². The molecule has 0 radical (unpaired) electrons. The molecule has 2 aromatic carbocycles. The van der Waals surface area contributed by atoms with Crippen molar-refractivity contribution in [2.75, 3.05) is 18.1 Å². The molecule has 0 saturated heterocycles. The first-order valence-electron chi connectivity index (χ1n) is 6.58. The van der Waals surface area contributed by atoms with Crippen molar-refractivity contribution in [3.05, 3.63) is 54.1 Å². The second-order valence-corrected chi connectivity index (χ2v) is 6.62. The van der Waals surface area contributed by atoms with Crippen molar-refractivity contribution < 1.29 is 8.42 Å². The Labute approximate surface area is 125 Å². The lowest BCUT2D eigenvalue weighted by atomic mass is 10.1. The molecule has 4 N–H and O–H groups in total. The van der Waals surface area contributed by atoms with E-state index in [-0.39, 0.29) is 10.9 Å². The second-order valence-electron chi connectivity index (χ2n) is 4.73. The summed E-state index contributed by atoms with van der Waals surface area (Å²) in [5.74, 6) is 0. The summed E-state index contributed by atoms with van der Waals surface area (Å²) in [5.41, 5.74) is 8.18. The lowest BCUT2D eigenvalue weighted by molar-refractivity contribution is 0.588. The summed E-state index contributed by atoms with van der Waals surface area (Å²) < 4.78 is 25.7. The van der Waals surface area contributed by atoms with E-state index in [9.17, 15) is 8.42 Å². The molecule has 0 aliphatic rings. The Bertz CT molecular complexity index is 715. The van der Waals surface area contributed by atoms with E-state index in [1.54, 1.807) is 6.07 Å². The van der Waals surface area contributed by atoms with Gasteiger partial charge < -0.3 is 11.1 Å². The van der Waals surface area contributed by atoms with E-state index in [4.69, 9.17) is 5.73 Å². The first-order chi connectivity index (χ1) is 9.94. The smallest absolute Gasteiger partial charge is 0.240 e. The highest BCUT2D eigenvalue weighted by Crippen LogP contribution is 2.26. The van der Waals surface area contributed by atoms with Crippen molar-refractivity contribution in [1.82, 2.24) is 4.72 Å². The van der Waals surface area contributed by atoms with Crippen molar-refractivity contribution >= 4 is 21.4 Å². The molecule has 112 valence electrons. The van der Waals surface area contributed by atoms with Gasteiger partial charge >= 0.3 is 0 Å². The largest absolute Gasteiger partial charge is 0.397 e. The van der Waals surface area contributed by atoms with Gasteiger partial charge in [-0.1, -0.05) is 30.3 Å². The van der Waals surface area contributed by atoms with E-state index in [0.717, 1.165) is 5.56 Å². The maximum atomic E-state index is 11.7. The Hall–Kier alpha value is -2.05. The number of hydrogen-bond donors (Lipinski definition) is 3. The van der Waals surface area contributed by atoms with Crippen LogP contribution < -0.4 is 15.8 Å². The van der Waals surface area contributed by atoms with Crippen molar-refractivity contribution in [3.8, 4) is 0 Å². The fourth-order valence-corrected chi connectivity index (χ4v) is 2.78. The summed E-state index contributed by atoms with van der Waals surface area (Å²) in [7, 11) is -2.11. The molecule has 2 aromatic rings. The van der Waals surface area contributed by atoms with Gasteiger partial charge in [0.05, 0.1) is 16.3 Å². The molecule has 1 atom stereocenters. The fraction of sp³-hybridized carbons (Fsp3) is 0.200. The molecule has 21 heavy (non-hydrogen) atoms. The van der Waals surface area contributed by atoms with E-state index in [0.29, 0.717) is 11.4 Å². The van der Waals surface area contributed by atoms with Gasteiger partial charge in [-0.3, -0.25) is 0 Å². The van der Waals surface area contributed by atoms with Crippen molar-refractivity contribution in [1.29, 1.82) is 0 Å². The molecule has 0 aliphatic carbocycles. The van der Waals surface area contributed by atoms with Gasteiger partial charge in [0.15, 0.2) is 0 Å². The molecule has 0 aliphatic heterocycles. The lowest BCUT2D eigenvalue weighted by Crippen LogP contribution is -2.19. The Morgan fingerprint density at radius 1 is 1.10 bits per heavy atom. The molecule has 0 aromatic heterocycles. The predicted octanol–water partition coefficient (Wildman–Crippen LogP) is 2.35. The highest BCUT2D eigenvalue weighted by molar-refractivity contribution is 7.89. The van der Waals surface area contributed by atoms with E-state index in [1.165, 1.54) is 19.2 Å². The number of nitrogen functional groups attached to an aromatic ring is 1. The fourth-order valence-electron chi connectivity index (χ4n) is 2.02. The van der Waals surface area contributed by atoms with Crippen LogP contribution in [-0.2, 0) is 10.0 Å². The summed E-state index contributed by atoms with van der Waals surface area (Å²) in [5, 5.41) is 3.28. The molecule has 1 unspecified atom stereocenters. The third-order valence-electron chi connectivity index (χ3n) is 3.27. The number of nitrogens with two attached hydrogens (primary N) is 1. The van der Waals surface area contributed by atoms with Crippen LogP contribution in [0, 0.1) is 0 Å². The van der Waals surface area contributed by atoms with Crippen LogP contribution in [0.15, 0.2) is 53.4 Å². The maximum absolute atomic E-state index is 11.7. The molecule has 0 bridgehead atoms. The van der Waals surface area contributed by atoms with Crippen LogP contribution in [0.2, 0.25) is 0 Å². The van der Waals surface area contributed by atoms with Crippen LogP contribution in [0.1, 0.15) is 18.5 Å². The molecule has 5 nitrogen and oxygen atoms in total. The Kier molecular flexibility index (Phi) is 4.50. The van der Waals surface area contributed by atoms with Crippen molar-refractivity contribution in [2.24, 2.45) is 0 Å². The van der Waals surface area contributed by atoms with Gasteiger partial charge in [0.25, 0.3) is 0 Å². The average Bonchev–Trinajstić information content (AvgIpc) is 2.50. The maximum Gasteiger partial charge on any atom is 0.240 e. The minimum absolute atomic E-state index is 0.0697. The molecular formula is C15H19N3O2S. The van der Waals surface area contributed by atoms with Crippen LogP contribution >= 0.6 is 0 Å². The quantitative estimate of drug-likeness (QED) is 0.740. The Morgan fingerprint density at radius 2 is 1.76 bits per heavy atom. The normalized spacial score (nSPS) is 12.9. The summed E-state index contributed by atoms with van der Waals surface area (Å²) in [4.78, 5) is 0.153. The first-order valence-corrected chi connectivity index (χ1v) is 8.07. The zero-order chi connectivity index (χ0) is 15.5. The minimum Gasteiger partial charge on any atom is -0.397 e. The monoisotopic (exact) mass is 305 g/mol. The van der Waals surface area contributed by atoms with Crippen LogP contribution in [0.3, 0.4) is 0 Å². The van der Waals surface area contributed by atoms with E-state index < -0.39 is 10.0 Å². The highest BCUT2D eigenvalue weighted by Gasteiger charge is 2.14. The number of hydrogen-bond acceptors (Lipinski definition) is 4. The Morgan fingerprint density at radius 3 is 2.33 bits per heavy atom. The van der Waals surface area contributed by atoms with Crippen molar-refractivity contribution in [3.63, 3.8) is 0 Å². The summed E-state index contributed by atoms with van der Waals surface area (Å²) in [6.07, 6.45) is 0. The summed E-state index contributed by atoms with van der Waals surface area (Å²) in [6.45, 7) is 2.02. The highest BCUT2D eigenvalue weighted by atomic mass is 32.2. The van der Waals surface area contributed by atoms with E-state index >= 15 is 0 Å². The van der Waals surface area contributed by atoms with Gasteiger partial charge in [-0.15, -0.1) is 0 Å². The van der Waals surface area contributed by atoms with E-state index in [2.05, 4.69) is 10.0 Å². The van der Waals surface area contributed by atoms with E-state index in [1.807, 2.05) is 37.3 Å². The average molecular weight is 305 g/mol. The van der Waals surface area contributed by atoms with Crippen molar-refractivity contribution in [2.45, 2.75) is 17.9 Å². The standard InChI is InChI=1S/C15H19N3O2S/c1-11(12-6-4-3-5-7-12)18-15-9-8-13(10-14(15)16)21(19,20)17-2/h3-11,17-18H,16H2,1-2H3. The number of rotatable bonds is 5. The van der Waals surface area contributed by atoms with Crippen LogP contribution in [0.4, 0.5) is 11.4 Å². The number of sulfonamides is 1. The molecule has 2 rings (SSSR count). The number of benzene rings is 2. The molecule has 0 spiro atoms. The minimum atomic E-state index is -3.48. The van der Waals surface area contributed by atoms with Crippen LogP contribution in [0.25, 0.3) is 0 Å². The molecular weight excluding hydrogens is 286 g/mol. The van der Waals surface area contributed by atoms with Gasteiger partial charge in [-0.2, -0.15) is 0 Å². The molecule has 6 heteroatoms. The zero-order valence-electron chi connectivity index (χ0n) is 12.0. The lowest BCUT2D eigenvalue weighted by Gasteiger charge is -2.17.